The van der Waals surface area contributed by atoms with Crippen molar-refractivity contribution in [3.8, 4) is 0 Å². The highest BCUT2D eigenvalue weighted by Crippen LogP contribution is 2.25. The van der Waals surface area contributed by atoms with Crippen LogP contribution in [0.15, 0.2) is 42.5 Å². The van der Waals surface area contributed by atoms with Gasteiger partial charge in [-0.2, -0.15) is 0 Å². The third kappa shape index (κ3) is 2.79. The van der Waals surface area contributed by atoms with Crippen LogP contribution in [0, 0.1) is 29.1 Å². The van der Waals surface area contributed by atoms with E-state index in [9.17, 15) is 22.0 Å². The molecule has 0 aliphatic carbocycles. The maximum Gasteiger partial charge on any atom is 0.200 e. The number of hydrogen-bond donors (Lipinski definition) is 0. The molecule has 5 heteroatoms. The quantitative estimate of drug-likeness (QED) is 0.348. The molecule has 3 aromatic rings. The highest BCUT2D eigenvalue weighted by molar-refractivity contribution is 5.82. The number of rotatable bonds is 3. The fourth-order valence-corrected chi connectivity index (χ4v) is 2.53. The van der Waals surface area contributed by atoms with E-state index in [0.29, 0.717) is 0 Å². The molecule has 0 atom stereocenters. The Kier molecular flexibility index (Phi) is 4.03. The summed E-state index contributed by atoms with van der Waals surface area (Å²) in [6.07, 6.45) is -0.104. The Hall–Kier alpha value is -2.43. The van der Waals surface area contributed by atoms with Crippen molar-refractivity contribution >= 4 is 10.8 Å². The van der Waals surface area contributed by atoms with Crippen LogP contribution in [0.1, 0.15) is 11.1 Å². The molecular weight excluding hydrogens is 311 g/mol. The molecule has 0 unspecified atom stereocenters. The van der Waals surface area contributed by atoms with Crippen molar-refractivity contribution in [1.82, 2.24) is 0 Å². The average molecular weight is 322 g/mol. The topological polar surface area (TPSA) is 0 Å². The van der Waals surface area contributed by atoms with Gasteiger partial charge < -0.3 is 0 Å². The fraction of sp³-hybridized carbons (Fsp3) is 0.111. The van der Waals surface area contributed by atoms with Crippen LogP contribution in [0.3, 0.4) is 0 Å². The summed E-state index contributed by atoms with van der Waals surface area (Å²) in [4.78, 5) is 0. The number of halogens is 5. The summed E-state index contributed by atoms with van der Waals surface area (Å²) in [5.41, 5.74) is -0.0257. The predicted octanol–water partition coefficient (Wildman–Crippen LogP) is 5.32. The van der Waals surface area contributed by atoms with Crippen molar-refractivity contribution in [3.05, 3.63) is 82.7 Å². The van der Waals surface area contributed by atoms with Crippen molar-refractivity contribution in [2.75, 3.05) is 0 Å². The summed E-state index contributed by atoms with van der Waals surface area (Å²) in [5, 5.41) is 1.95. The van der Waals surface area contributed by atoms with Crippen molar-refractivity contribution in [2.24, 2.45) is 0 Å². The van der Waals surface area contributed by atoms with Gasteiger partial charge in [-0.25, -0.2) is 22.0 Å². The van der Waals surface area contributed by atoms with Gasteiger partial charge in [-0.3, -0.25) is 0 Å². The molecule has 118 valence electrons. The van der Waals surface area contributed by atoms with Crippen LogP contribution < -0.4 is 0 Å². The molecule has 0 saturated carbocycles. The first kappa shape index (κ1) is 15.5. The van der Waals surface area contributed by atoms with Gasteiger partial charge in [-0.15, -0.1) is 0 Å². The van der Waals surface area contributed by atoms with Crippen LogP contribution in [-0.4, -0.2) is 0 Å². The van der Waals surface area contributed by atoms with E-state index in [1.54, 1.807) is 6.07 Å². The molecule has 0 heterocycles. The van der Waals surface area contributed by atoms with Crippen LogP contribution in [0.25, 0.3) is 10.8 Å². The zero-order valence-electron chi connectivity index (χ0n) is 11.8. The molecule has 0 aromatic heterocycles. The average Bonchev–Trinajstić information content (AvgIpc) is 2.58. The Morgan fingerprint density at radius 2 is 1.13 bits per heavy atom. The number of benzene rings is 3. The Labute approximate surface area is 129 Å². The molecule has 0 bridgehead atoms. The Morgan fingerprint density at radius 1 is 0.565 bits per heavy atom. The largest absolute Gasteiger partial charge is 0.203 e. The molecule has 0 spiro atoms. The molecule has 0 aliphatic heterocycles. The molecule has 23 heavy (non-hydrogen) atoms. The third-order valence-corrected chi connectivity index (χ3v) is 3.78. The predicted molar refractivity (Wildman–Crippen MR) is 77.6 cm³/mol. The first-order valence-corrected chi connectivity index (χ1v) is 6.97. The maximum atomic E-state index is 13.6. The molecular formula is C18H11F5. The number of hydrogen-bond acceptors (Lipinski definition) is 0. The normalized spacial score (nSPS) is 11.2. The van der Waals surface area contributed by atoms with Crippen LogP contribution in [0.5, 0.6) is 0 Å². The second-order valence-corrected chi connectivity index (χ2v) is 5.23. The van der Waals surface area contributed by atoms with Crippen LogP contribution in [0.2, 0.25) is 0 Å². The van der Waals surface area contributed by atoms with Crippen molar-refractivity contribution in [1.29, 1.82) is 0 Å². The Balaban J connectivity index is 1.90. The van der Waals surface area contributed by atoms with Crippen molar-refractivity contribution in [2.45, 2.75) is 12.8 Å². The molecule has 3 aromatic carbocycles. The van der Waals surface area contributed by atoms with Gasteiger partial charge in [0.15, 0.2) is 23.3 Å². The summed E-state index contributed by atoms with van der Waals surface area (Å²) < 4.78 is 66.6. The van der Waals surface area contributed by atoms with Crippen molar-refractivity contribution < 1.29 is 22.0 Å². The van der Waals surface area contributed by atoms with E-state index in [0.717, 1.165) is 16.3 Å². The minimum absolute atomic E-state index is 0.170. The lowest BCUT2D eigenvalue weighted by Crippen LogP contribution is -2.08. The lowest BCUT2D eigenvalue weighted by Gasteiger charge is -2.09. The first-order valence-electron chi connectivity index (χ1n) is 6.97. The highest BCUT2D eigenvalue weighted by atomic mass is 19.2. The van der Waals surface area contributed by atoms with E-state index in [4.69, 9.17) is 0 Å². The van der Waals surface area contributed by atoms with E-state index in [-0.39, 0.29) is 12.8 Å². The molecule has 0 aliphatic rings. The minimum atomic E-state index is -2.13. The monoisotopic (exact) mass is 322 g/mol. The van der Waals surface area contributed by atoms with E-state index in [1.165, 1.54) is 0 Å². The van der Waals surface area contributed by atoms with Gasteiger partial charge in [0.1, 0.15) is 0 Å². The molecule has 0 saturated heterocycles. The summed E-state index contributed by atoms with van der Waals surface area (Å²) >= 11 is 0. The summed E-state index contributed by atoms with van der Waals surface area (Å²) in [6, 6.07) is 13.0. The van der Waals surface area contributed by atoms with Gasteiger partial charge in [0.25, 0.3) is 0 Å². The van der Waals surface area contributed by atoms with Gasteiger partial charge in [-0.05, 0) is 29.2 Å². The minimum Gasteiger partial charge on any atom is -0.203 e. The standard InChI is InChI=1S/C18H11F5/c19-14-13(15(20)17(22)18(23)16(14)21)8-6-10-5-7-11-3-1-2-4-12(11)9-10/h1-5,7,9H,6,8H2. The second-order valence-electron chi connectivity index (χ2n) is 5.23. The van der Waals surface area contributed by atoms with E-state index in [2.05, 4.69) is 0 Å². The molecule has 0 fully saturated rings. The number of aryl methyl sites for hydroxylation is 1. The number of fused-ring (bicyclic) bond motifs is 1. The van der Waals surface area contributed by atoms with Gasteiger partial charge in [0, 0.05) is 5.56 Å². The van der Waals surface area contributed by atoms with E-state index < -0.39 is 34.6 Å². The summed E-state index contributed by atoms with van der Waals surface area (Å²) in [6.45, 7) is 0. The van der Waals surface area contributed by atoms with Crippen molar-refractivity contribution in [3.63, 3.8) is 0 Å². The lowest BCUT2D eigenvalue weighted by atomic mass is 10.00. The maximum absolute atomic E-state index is 13.6. The molecule has 3 rings (SSSR count). The summed E-state index contributed by atoms with van der Waals surface area (Å²) in [7, 11) is 0. The highest BCUT2D eigenvalue weighted by Gasteiger charge is 2.25. The zero-order chi connectivity index (χ0) is 16.6. The van der Waals surface area contributed by atoms with Gasteiger partial charge in [0.2, 0.25) is 5.82 Å². The molecule has 0 nitrogen and oxygen atoms in total. The van der Waals surface area contributed by atoms with Crippen LogP contribution in [-0.2, 0) is 12.8 Å². The SMILES string of the molecule is Fc1c(F)c(F)c(CCc2ccc3ccccc3c2)c(F)c1F. The summed E-state index contributed by atoms with van der Waals surface area (Å²) in [5.74, 6) is -9.46. The fourth-order valence-electron chi connectivity index (χ4n) is 2.53. The van der Waals surface area contributed by atoms with Crippen LogP contribution >= 0.6 is 0 Å². The molecule has 0 amide bonds. The molecule has 0 N–H and O–H groups in total. The lowest BCUT2D eigenvalue weighted by molar-refractivity contribution is 0.370. The van der Waals surface area contributed by atoms with E-state index in [1.807, 2.05) is 36.4 Å². The Bertz CT molecular complexity index is 857. The molecule has 0 radical (unpaired) electrons. The third-order valence-electron chi connectivity index (χ3n) is 3.78. The van der Waals surface area contributed by atoms with Crippen LogP contribution in [0.4, 0.5) is 22.0 Å². The second kappa shape index (κ2) is 5.99. The van der Waals surface area contributed by atoms with E-state index >= 15 is 0 Å². The smallest absolute Gasteiger partial charge is 0.200 e. The van der Waals surface area contributed by atoms with Gasteiger partial charge in [0.05, 0.1) is 0 Å². The first-order chi connectivity index (χ1) is 11.0. The zero-order valence-corrected chi connectivity index (χ0v) is 11.8. The Morgan fingerprint density at radius 3 is 1.78 bits per heavy atom. The van der Waals surface area contributed by atoms with Gasteiger partial charge >= 0.3 is 0 Å². The van der Waals surface area contributed by atoms with Gasteiger partial charge in [-0.1, -0.05) is 42.5 Å².